The van der Waals surface area contributed by atoms with Gasteiger partial charge in [0.2, 0.25) is 5.91 Å². The molecule has 0 saturated heterocycles. The van der Waals surface area contributed by atoms with E-state index in [-0.39, 0.29) is 10.8 Å². The zero-order valence-electron chi connectivity index (χ0n) is 16.5. The Bertz CT molecular complexity index is 412. The topological polar surface area (TPSA) is 68.8 Å². The number of hydrogen-bond donors (Lipinski definition) is 2. The minimum absolute atomic E-state index is 0.0508. The first-order chi connectivity index (χ1) is 12.5. The summed E-state index contributed by atoms with van der Waals surface area (Å²) in [5.74, 6) is 6.51. The quantitative estimate of drug-likeness (QED) is 0.166. The summed E-state index contributed by atoms with van der Waals surface area (Å²) in [6, 6.07) is 0. The van der Waals surface area contributed by atoms with Crippen LogP contribution in [0.2, 0.25) is 0 Å². The summed E-state index contributed by atoms with van der Waals surface area (Å²) in [5, 5.41) is 5.99. The van der Waals surface area contributed by atoms with E-state index in [2.05, 4.69) is 43.2 Å². The summed E-state index contributed by atoms with van der Waals surface area (Å²) < 4.78 is 16.7. The Labute approximate surface area is 166 Å². The van der Waals surface area contributed by atoms with Gasteiger partial charge in [0.15, 0.2) is 0 Å². The Morgan fingerprint density at radius 1 is 1.12 bits per heavy atom. The van der Waals surface area contributed by atoms with Gasteiger partial charge >= 0.3 is 0 Å². The molecule has 8 heteroatoms. The van der Waals surface area contributed by atoms with Gasteiger partial charge < -0.3 is 24.8 Å². The van der Waals surface area contributed by atoms with Gasteiger partial charge in [-0.15, -0.1) is 5.92 Å². The average molecular weight is 407 g/mol. The maximum atomic E-state index is 11.4. The van der Waals surface area contributed by atoms with Crippen LogP contribution in [0.25, 0.3) is 0 Å². The number of amides is 1. The average Bonchev–Trinajstić information content (AvgIpc) is 2.60. The van der Waals surface area contributed by atoms with Crippen LogP contribution in [-0.2, 0) is 19.0 Å². The Morgan fingerprint density at radius 2 is 1.81 bits per heavy atom. The maximum absolute atomic E-state index is 11.4. The van der Waals surface area contributed by atoms with Crippen LogP contribution in [0, 0.1) is 11.8 Å². The van der Waals surface area contributed by atoms with Gasteiger partial charge in [0, 0.05) is 18.7 Å². The molecule has 0 rings (SSSR count). The smallest absolute Gasteiger partial charge is 0.223 e. The van der Waals surface area contributed by atoms with Crippen molar-refractivity contribution in [3.63, 3.8) is 0 Å². The zero-order valence-corrected chi connectivity index (χ0v) is 18.2. The third-order valence-electron chi connectivity index (χ3n) is 2.95. The highest BCUT2D eigenvalue weighted by Gasteiger charge is 2.19. The molecule has 0 aliphatic heterocycles. The first-order valence-electron chi connectivity index (χ1n) is 8.99. The SMILES string of the molecule is CC#CCNC(=O)CCOCCOCCOC(C)(C)SSCCNCC. The van der Waals surface area contributed by atoms with Crippen molar-refractivity contribution in [1.82, 2.24) is 10.6 Å². The number of nitrogens with one attached hydrogen (secondary N) is 2. The maximum Gasteiger partial charge on any atom is 0.223 e. The molecule has 0 atom stereocenters. The molecule has 0 heterocycles. The third-order valence-corrected chi connectivity index (χ3v) is 6.01. The number of hydrogen-bond acceptors (Lipinski definition) is 7. The van der Waals surface area contributed by atoms with Crippen LogP contribution < -0.4 is 10.6 Å². The molecule has 0 aromatic heterocycles. The molecule has 0 fully saturated rings. The minimum Gasteiger partial charge on any atom is -0.379 e. The van der Waals surface area contributed by atoms with Crippen molar-refractivity contribution in [3.05, 3.63) is 0 Å². The summed E-state index contributed by atoms with van der Waals surface area (Å²) in [4.78, 5) is 11.2. The number of carbonyl (C=O) groups excluding carboxylic acids is 1. The Balaban J connectivity index is 3.40. The van der Waals surface area contributed by atoms with Crippen molar-refractivity contribution in [2.45, 2.75) is 39.0 Å². The number of carbonyl (C=O) groups is 1. The van der Waals surface area contributed by atoms with Gasteiger partial charge in [-0.25, -0.2) is 0 Å². The van der Waals surface area contributed by atoms with Crippen molar-refractivity contribution in [2.75, 3.05) is 58.4 Å². The summed E-state index contributed by atoms with van der Waals surface area (Å²) in [6.45, 7) is 12.8. The van der Waals surface area contributed by atoms with Crippen LogP contribution in [0.4, 0.5) is 0 Å². The Kier molecular flexibility index (Phi) is 17.7. The van der Waals surface area contributed by atoms with Gasteiger partial charge in [0.05, 0.1) is 39.6 Å². The highest BCUT2D eigenvalue weighted by molar-refractivity contribution is 8.77. The van der Waals surface area contributed by atoms with E-state index in [1.807, 2.05) is 10.8 Å². The van der Waals surface area contributed by atoms with E-state index in [9.17, 15) is 4.79 Å². The highest BCUT2D eigenvalue weighted by atomic mass is 33.1. The molecule has 2 N–H and O–H groups in total. The second-order valence-corrected chi connectivity index (χ2v) is 8.69. The fraction of sp³-hybridized carbons (Fsp3) is 0.833. The fourth-order valence-corrected chi connectivity index (χ4v) is 3.87. The van der Waals surface area contributed by atoms with Gasteiger partial charge in [-0.3, -0.25) is 4.79 Å². The Morgan fingerprint density at radius 3 is 2.50 bits per heavy atom. The highest BCUT2D eigenvalue weighted by Crippen LogP contribution is 2.35. The first-order valence-corrected chi connectivity index (χ1v) is 11.3. The molecule has 0 aliphatic carbocycles. The standard InChI is InChI=1S/C18H34N2O4S2/c1-5-7-9-20-17(21)8-11-22-12-13-23-14-15-24-18(3,4)26-25-16-10-19-6-2/h19H,6,8-16H2,1-4H3,(H,20,21). The number of ether oxygens (including phenoxy) is 3. The summed E-state index contributed by atoms with van der Waals surface area (Å²) in [7, 11) is 3.56. The van der Waals surface area contributed by atoms with E-state index < -0.39 is 0 Å². The van der Waals surface area contributed by atoms with Crippen LogP contribution >= 0.6 is 21.6 Å². The summed E-state index contributed by atoms with van der Waals surface area (Å²) in [5.41, 5.74) is 0. The van der Waals surface area contributed by atoms with E-state index in [1.54, 1.807) is 17.7 Å². The molecule has 0 unspecified atom stereocenters. The molecule has 1 amide bonds. The lowest BCUT2D eigenvalue weighted by Gasteiger charge is -2.23. The second kappa shape index (κ2) is 18.0. The van der Waals surface area contributed by atoms with E-state index in [1.165, 1.54) is 0 Å². The molecule has 0 spiro atoms. The second-order valence-electron chi connectivity index (χ2n) is 5.69. The van der Waals surface area contributed by atoms with Gasteiger partial charge in [0.1, 0.15) is 4.93 Å². The van der Waals surface area contributed by atoms with Crippen LogP contribution in [0.5, 0.6) is 0 Å². The van der Waals surface area contributed by atoms with Crippen LogP contribution in [-0.4, -0.2) is 69.3 Å². The van der Waals surface area contributed by atoms with Gasteiger partial charge in [0.25, 0.3) is 0 Å². The van der Waals surface area contributed by atoms with Crippen LogP contribution in [0.3, 0.4) is 0 Å². The van der Waals surface area contributed by atoms with E-state index in [0.29, 0.717) is 46.0 Å². The predicted octanol–water partition coefficient (Wildman–Crippen LogP) is 2.29. The molecule has 0 aromatic rings. The monoisotopic (exact) mass is 406 g/mol. The molecule has 0 bridgehead atoms. The van der Waals surface area contributed by atoms with Gasteiger partial charge in [-0.2, -0.15) is 0 Å². The van der Waals surface area contributed by atoms with Gasteiger partial charge in [-0.05, 0) is 27.3 Å². The Hall–Kier alpha value is -0.430. The van der Waals surface area contributed by atoms with Crippen molar-refractivity contribution in [3.8, 4) is 11.8 Å². The van der Waals surface area contributed by atoms with E-state index in [0.717, 1.165) is 18.8 Å². The zero-order chi connectivity index (χ0) is 19.5. The number of rotatable bonds is 17. The molecule has 26 heavy (non-hydrogen) atoms. The van der Waals surface area contributed by atoms with Crippen molar-refractivity contribution >= 4 is 27.5 Å². The van der Waals surface area contributed by atoms with E-state index in [4.69, 9.17) is 14.2 Å². The van der Waals surface area contributed by atoms with Crippen molar-refractivity contribution in [1.29, 1.82) is 0 Å². The largest absolute Gasteiger partial charge is 0.379 e. The normalized spacial score (nSPS) is 11.1. The molecule has 0 aliphatic rings. The summed E-state index contributed by atoms with van der Waals surface area (Å²) in [6.07, 6.45) is 0.339. The van der Waals surface area contributed by atoms with E-state index >= 15 is 0 Å². The minimum atomic E-state index is -0.230. The molecule has 6 nitrogen and oxygen atoms in total. The molecule has 0 saturated carbocycles. The molecule has 152 valence electrons. The van der Waals surface area contributed by atoms with Crippen LogP contribution in [0.1, 0.15) is 34.1 Å². The lowest BCUT2D eigenvalue weighted by Crippen LogP contribution is -2.25. The van der Waals surface area contributed by atoms with Crippen molar-refractivity contribution in [2.24, 2.45) is 0 Å². The predicted molar refractivity (Wildman–Crippen MR) is 111 cm³/mol. The molecule has 0 aromatic carbocycles. The molecular weight excluding hydrogens is 372 g/mol. The summed E-state index contributed by atoms with van der Waals surface area (Å²) >= 11 is 0. The van der Waals surface area contributed by atoms with Crippen LogP contribution in [0.15, 0.2) is 0 Å². The molecule has 0 radical (unpaired) electrons. The lowest BCUT2D eigenvalue weighted by atomic mass is 10.4. The molecular formula is C18H34N2O4S2. The third kappa shape index (κ3) is 18.4. The fourth-order valence-electron chi connectivity index (χ4n) is 1.65. The van der Waals surface area contributed by atoms with Gasteiger partial charge in [-0.1, -0.05) is 34.4 Å². The lowest BCUT2D eigenvalue weighted by molar-refractivity contribution is -0.122. The first kappa shape index (κ1) is 25.6. The van der Waals surface area contributed by atoms with Crippen molar-refractivity contribution < 1.29 is 19.0 Å².